The number of halogens is 1. The van der Waals surface area contributed by atoms with Gasteiger partial charge < -0.3 is 5.11 Å². The molecule has 38 heavy (non-hydrogen) atoms. The number of aliphatic hydroxyl groups is 1. The second-order valence-corrected chi connectivity index (χ2v) is 9.77. The average molecular weight is 512 g/mol. The maximum atomic E-state index is 13.3. The van der Waals surface area contributed by atoms with Gasteiger partial charge in [0.2, 0.25) is 0 Å². The van der Waals surface area contributed by atoms with Gasteiger partial charge in [0.05, 0.1) is 24.0 Å². The molecule has 0 unspecified atom stereocenters. The van der Waals surface area contributed by atoms with Crippen molar-refractivity contribution in [3.8, 4) is 16.8 Å². The quantitative estimate of drug-likeness (QED) is 0.374. The topological polar surface area (TPSA) is 102 Å². The van der Waals surface area contributed by atoms with Gasteiger partial charge in [-0.15, -0.1) is 0 Å². The molecule has 192 valence electrons. The van der Waals surface area contributed by atoms with Crippen LogP contribution in [-0.2, 0) is 13.1 Å². The first-order valence-electron chi connectivity index (χ1n) is 12.5. The fraction of sp³-hybridized carbons (Fsp3) is 0.250. The fourth-order valence-electron chi connectivity index (χ4n) is 4.94. The van der Waals surface area contributed by atoms with Crippen LogP contribution in [-0.4, -0.2) is 58.0 Å². The third-order valence-electron chi connectivity index (χ3n) is 7.13. The Labute approximate surface area is 217 Å². The van der Waals surface area contributed by atoms with Crippen molar-refractivity contribution >= 4 is 11.0 Å². The van der Waals surface area contributed by atoms with E-state index in [-0.39, 0.29) is 17.9 Å². The monoisotopic (exact) mass is 511 g/mol. The summed E-state index contributed by atoms with van der Waals surface area (Å²) in [6, 6.07) is 14.2. The molecule has 5 aromatic rings. The second kappa shape index (κ2) is 9.88. The normalized spacial score (nSPS) is 15.6. The van der Waals surface area contributed by atoms with Crippen molar-refractivity contribution in [3.05, 3.63) is 102 Å². The zero-order valence-electron chi connectivity index (χ0n) is 20.6. The summed E-state index contributed by atoms with van der Waals surface area (Å²) < 4.78 is 16.3. The van der Waals surface area contributed by atoms with E-state index < -0.39 is 5.60 Å². The number of rotatable bonds is 6. The number of likely N-dealkylation sites (tertiary alicyclic amines) is 1. The van der Waals surface area contributed by atoms with Gasteiger partial charge in [0.25, 0.3) is 5.56 Å². The number of nitrogens with zero attached hydrogens (tertiary/aromatic N) is 7. The Bertz CT molecular complexity index is 1610. The zero-order chi connectivity index (χ0) is 26.1. The van der Waals surface area contributed by atoms with Crippen molar-refractivity contribution < 1.29 is 9.50 Å². The first-order valence-corrected chi connectivity index (χ1v) is 12.5. The molecule has 6 rings (SSSR count). The van der Waals surface area contributed by atoms with Crippen LogP contribution in [0.4, 0.5) is 4.39 Å². The van der Waals surface area contributed by atoms with Crippen molar-refractivity contribution in [1.82, 2.24) is 34.2 Å². The van der Waals surface area contributed by atoms with E-state index in [1.54, 1.807) is 29.2 Å². The van der Waals surface area contributed by atoms with Gasteiger partial charge in [-0.3, -0.25) is 14.3 Å². The van der Waals surface area contributed by atoms with Crippen LogP contribution in [0.25, 0.3) is 27.8 Å². The molecule has 1 aliphatic heterocycles. The number of benzene rings is 2. The molecule has 0 bridgehead atoms. The van der Waals surface area contributed by atoms with Crippen molar-refractivity contribution in [2.24, 2.45) is 0 Å². The number of piperidine rings is 1. The maximum Gasteiger partial charge on any atom is 0.264 e. The highest BCUT2D eigenvalue weighted by atomic mass is 19.1. The molecule has 2 aromatic carbocycles. The van der Waals surface area contributed by atoms with E-state index >= 15 is 0 Å². The van der Waals surface area contributed by atoms with Gasteiger partial charge >= 0.3 is 0 Å². The molecule has 1 N–H and O–H groups in total. The molecule has 9 nitrogen and oxygen atoms in total. The Morgan fingerprint density at radius 2 is 1.63 bits per heavy atom. The molecule has 0 aliphatic carbocycles. The molecule has 3 aromatic heterocycles. The maximum absolute atomic E-state index is 13.3. The van der Waals surface area contributed by atoms with Gasteiger partial charge in [0.1, 0.15) is 23.9 Å². The predicted molar refractivity (Wildman–Crippen MR) is 140 cm³/mol. The summed E-state index contributed by atoms with van der Waals surface area (Å²) >= 11 is 0. The first kappa shape index (κ1) is 24.1. The highest BCUT2D eigenvalue weighted by molar-refractivity contribution is 5.75. The Kier molecular flexibility index (Phi) is 6.26. The van der Waals surface area contributed by atoms with Crippen molar-refractivity contribution in [3.63, 3.8) is 0 Å². The highest BCUT2D eigenvalue weighted by Crippen LogP contribution is 2.26. The number of aromatic nitrogens is 6. The summed E-state index contributed by atoms with van der Waals surface area (Å²) in [5, 5.41) is 16.1. The predicted octanol–water partition coefficient (Wildman–Crippen LogP) is 3.21. The fourth-order valence-corrected chi connectivity index (χ4v) is 4.94. The van der Waals surface area contributed by atoms with E-state index in [9.17, 15) is 14.3 Å². The lowest BCUT2D eigenvalue weighted by atomic mass is 9.91. The van der Waals surface area contributed by atoms with E-state index in [0.717, 1.165) is 22.4 Å². The lowest BCUT2D eigenvalue weighted by Crippen LogP contribution is -2.47. The number of hydrogen-bond acceptors (Lipinski definition) is 7. The molecule has 1 fully saturated rings. The standard InChI is InChI=1S/C28H26FN7O2/c29-23-5-1-20(2-6-23)16-34-11-9-28(38,10-12-34)17-35-19-32-26-25(27(35)37)15-33-36(26)24-7-3-21(4-8-24)22-13-30-18-31-14-22/h1-8,13-15,18-19,38H,9-12,16-17H2. The molecule has 0 spiro atoms. The van der Waals surface area contributed by atoms with Crippen LogP contribution in [0, 0.1) is 5.82 Å². The Morgan fingerprint density at radius 1 is 0.921 bits per heavy atom. The smallest absolute Gasteiger partial charge is 0.264 e. The van der Waals surface area contributed by atoms with Crippen LogP contribution in [0.1, 0.15) is 18.4 Å². The summed E-state index contributed by atoms with van der Waals surface area (Å²) in [7, 11) is 0. The first-order chi connectivity index (χ1) is 18.5. The average Bonchev–Trinajstić information content (AvgIpc) is 3.38. The summed E-state index contributed by atoms with van der Waals surface area (Å²) in [4.78, 5) is 28.1. The van der Waals surface area contributed by atoms with E-state index in [4.69, 9.17) is 0 Å². The van der Waals surface area contributed by atoms with Crippen LogP contribution >= 0.6 is 0 Å². The molecular formula is C28H26FN7O2. The van der Waals surface area contributed by atoms with Gasteiger partial charge in [0, 0.05) is 37.6 Å². The summed E-state index contributed by atoms with van der Waals surface area (Å²) in [5.41, 5.74) is 2.90. The van der Waals surface area contributed by atoms with Crippen molar-refractivity contribution in [2.75, 3.05) is 13.1 Å². The van der Waals surface area contributed by atoms with Gasteiger partial charge in [-0.1, -0.05) is 24.3 Å². The third kappa shape index (κ3) is 4.83. The second-order valence-electron chi connectivity index (χ2n) is 9.77. The summed E-state index contributed by atoms with van der Waals surface area (Å²) in [6.45, 7) is 2.23. The molecule has 1 aliphatic rings. The number of hydrogen-bond donors (Lipinski definition) is 1. The van der Waals surface area contributed by atoms with Crippen LogP contribution in [0.5, 0.6) is 0 Å². The molecule has 0 atom stereocenters. The van der Waals surface area contributed by atoms with Crippen LogP contribution < -0.4 is 5.56 Å². The zero-order valence-corrected chi connectivity index (χ0v) is 20.6. The van der Waals surface area contributed by atoms with Crippen molar-refractivity contribution in [2.45, 2.75) is 31.5 Å². The van der Waals surface area contributed by atoms with Crippen molar-refractivity contribution in [1.29, 1.82) is 0 Å². The molecule has 4 heterocycles. The summed E-state index contributed by atoms with van der Waals surface area (Å²) in [5.74, 6) is -0.250. The third-order valence-corrected chi connectivity index (χ3v) is 7.13. The Morgan fingerprint density at radius 3 is 2.34 bits per heavy atom. The molecule has 0 amide bonds. The molecule has 10 heteroatoms. The number of fused-ring (bicyclic) bond motifs is 1. The van der Waals surface area contributed by atoms with E-state index in [2.05, 4.69) is 25.0 Å². The lowest BCUT2D eigenvalue weighted by Gasteiger charge is -2.38. The molecule has 0 saturated carbocycles. The van der Waals surface area contributed by atoms with Crippen LogP contribution in [0.15, 0.2) is 84.6 Å². The van der Waals surface area contributed by atoms with E-state index in [1.165, 1.54) is 35.6 Å². The SMILES string of the molecule is O=c1c2cnn(-c3ccc(-c4cncnc4)cc3)c2ncn1CC1(O)CCN(Cc2ccc(F)cc2)CC1. The Hall–Kier alpha value is -4.28. The lowest BCUT2D eigenvalue weighted by molar-refractivity contribution is -0.0364. The molecule has 1 saturated heterocycles. The highest BCUT2D eigenvalue weighted by Gasteiger charge is 2.33. The largest absolute Gasteiger partial charge is 0.388 e. The van der Waals surface area contributed by atoms with Crippen LogP contribution in [0.3, 0.4) is 0 Å². The minimum Gasteiger partial charge on any atom is -0.388 e. The van der Waals surface area contributed by atoms with Gasteiger partial charge in [-0.2, -0.15) is 5.10 Å². The van der Waals surface area contributed by atoms with Gasteiger partial charge in [-0.25, -0.2) is 24.0 Å². The van der Waals surface area contributed by atoms with Crippen LogP contribution in [0.2, 0.25) is 0 Å². The Balaban J connectivity index is 1.16. The minimum atomic E-state index is -1.01. The molecular weight excluding hydrogens is 485 g/mol. The minimum absolute atomic E-state index is 0.165. The van der Waals surface area contributed by atoms with E-state index in [0.29, 0.717) is 43.5 Å². The summed E-state index contributed by atoms with van der Waals surface area (Å²) in [6.07, 6.45) is 9.05. The van der Waals surface area contributed by atoms with E-state index in [1.807, 2.05) is 24.3 Å². The van der Waals surface area contributed by atoms with Gasteiger partial charge in [-0.05, 0) is 48.2 Å². The molecule has 0 radical (unpaired) electrons. The van der Waals surface area contributed by atoms with Gasteiger partial charge in [0.15, 0.2) is 5.65 Å².